The second kappa shape index (κ2) is 8.44. The minimum Gasteiger partial charge on any atom is -0.378 e. The predicted octanol–water partition coefficient (Wildman–Crippen LogP) is 0.283. The molecule has 17 heavy (non-hydrogen) atoms. The van der Waals surface area contributed by atoms with Crippen LogP contribution < -0.4 is 11.1 Å². The zero-order chi connectivity index (χ0) is 12.5. The van der Waals surface area contributed by atoms with Crippen LogP contribution in [0.4, 0.5) is 0 Å². The summed E-state index contributed by atoms with van der Waals surface area (Å²) in [6, 6.07) is 0. The summed E-state index contributed by atoms with van der Waals surface area (Å²) in [5.74, 6) is 0.351. The normalized spacial score (nSPS) is 21.4. The van der Waals surface area contributed by atoms with Gasteiger partial charge in [-0.2, -0.15) is 0 Å². The summed E-state index contributed by atoms with van der Waals surface area (Å²) in [7, 11) is 0. The minimum absolute atomic E-state index is 0.0256. The highest BCUT2D eigenvalue weighted by molar-refractivity contribution is 5.75. The Morgan fingerprint density at radius 1 is 1.65 bits per heavy atom. The quantitative estimate of drug-likeness (QED) is 0.602. The maximum atomic E-state index is 11.4. The van der Waals surface area contributed by atoms with Crippen molar-refractivity contribution in [2.45, 2.75) is 32.3 Å². The lowest BCUT2D eigenvalue weighted by molar-refractivity contribution is -0.122. The molecule has 0 radical (unpaired) electrons. The van der Waals surface area contributed by atoms with E-state index in [1.165, 1.54) is 0 Å². The van der Waals surface area contributed by atoms with E-state index in [-0.39, 0.29) is 12.0 Å². The van der Waals surface area contributed by atoms with Crippen LogP contribution in [0.15, 0.2) is 0 Å². The van der Waals surface area contributed by atoms with Crippen molar-refractivity contribution in [2.75, 3.05) is 32.9 Å². The summed E-state index contributed by atoms with van der Waals surface area (Å²) in [5.41, 5.74) is 5.46. The highest BCUT2D eigenvalue weighted by Crippen LogP contribution is 2.11. The van der Waals surface area contributed by atoms with E-state index >= 15 is 0 Å². The van der Waals surface area contributed by atoms with Crippen molar-refractivity contribution in [1.82, 2.24) is 5.32 Å². The number of rotatable bonds is 8. The van der Waals surface area contributed by atoms with Gasteiger partial charge in [0.2, 0.25) is 5.91 Å². The van der Waals surface area contributed by atoms with Crippen LogP contribution in [0.5, 0.6) is 0 Å². The molecule has 100 valence electrons. The monoisotopic (exact) mass is 244 g/mol. The molecule has 0 aromatic carbocycles. The molecule has 2 unspecified atom stereocenters. The Balaban J connectivity index is 1.92. The lowest BCUT2D eigenvalue weighted by Gasteiger charge is -2.11. The SMILES string of the molecule is CC(CN)CNC(=O)CCOCC1CCCO1. The lowest BCUT2D eigenvalue weighted by Crippen LogP contribution is -2.32. The van der Waals surface area contributed by atoms with Crippen LogP contribution in [0.2, 0.25) is 0 Å². The molecule has 1 aliphatic rings. The van der Waals surface area contributed by atoms with Gasteiger partial charge in [-0.25, -0.2) is 0 Å². The van der Waals surface area contributed by atoms with Gasteiger partial charge in [0.05, 0.1) is 19.3 Å². The molecule has 0 spiro atoms. The van der Waals surface area contributed by atoms with E-state index in [2.05, 4.69) is 5.32 Å². The van der Waals surface area contributed by atoms with E-state index in [9.17, 15) is 4.79 Å². The van der Waals surface area contributed by atoms with Gasteiger partial charge in [0.1, 0.15) is 0 Å². The largest absolute Gasteiger partial charge is 0.378 e. The number of amides is 1. The molecule has 1 fully saturated rings. The van der Waals surface area contributed by atoms with Gasteiger partial charge in [0.25, 0.3) is 0 Å². The van der Waals surface area contributed by atoms with Crippen LogP contribution in [-0.2, 0) is 14.3 Å². The molecule has 0 aliphatic carbocycles. The molecule has 0 aromatic rings. The van der Waals surface area contributed by atoms with Crippen LogP contribution in [0, 0.1) is 5.92 Å². The summed E-state index contributed by atoms with van der Waals surface area (Å²) >= 11 is 0. The number of ether oxygens (including phenoxy) is 2. The van der Waals surface area contributed by atoms with E-state index in [1.807, 2.05) is 6.92 Å². The number of carbonyl (C=O) groups excluding carboxylic acids is 1. The third kappa shape index (κ3) is 6.61. The van der Waals surface area contributed by atoms with Crippen molar-refractivity contribution in [3.05, 3.63) is 0 Å². The summed E-state index contributed by atoms with van der Waals surface area (Å²) in [4.78, 5) is 11.4. The van der Waals surface area contributed by atoms with Gasteiger partial charge in [-0.3, -0.25) is 4.79 Å². The van der Waals surface area contributed by atoms with Crippen LogP contribution in [0.25, 0.3) is 0 Å². The fraction of sp³-hybridized carbons (Fsp3) is 0.917. The average Bonchev–Trinajstić information content (AvgIpc) is 2.84. The van der Waals surface area contributed by atoms with Crippen LogP contribution in [0.1, 0.15) is 26.2 Å². The van der Waals surface area contributed by atoms with E-state index in [1.54, 1.807) is 0 Å². The average molecular weight is 244 g/mol. The highest BCUT2D eigenvalue weighted by Gasteiger charge is 2.15. The molecule has 1 rings (SSSR count). The molecule has 1 saturated heterocycles. The summed E-state index contributed by atoms with van der Waals surface area (Å²) in [5, 5.41) is 2.83. The zero-order valence-electron chi connectivity index (χ0n) is 10.6. The van der Waals surface area contributed by atoms with Gasteiger partial charge >= 0.3 is 0 Å². The maximum Gasteiger partial charge on any atom is 0.222 e. The van der Waals surface area contributed by atoms with Crippen molar-refractivity contribution in [3.8, 4) is 0 Å². The number of hydrogen-bond donors (Lipinski definition) is 2. The Morgan fingerprint density at radius 3 is 3.12 bits per heavy atom. The number of nitrogens with two attached hydrogens (primary N) is 1. The molecular formula is C12H24N2O3. The van der Waals surface area contributed by atoms with Gasteiger partial charge in [-0.05, 0) is 25.3 Å². The molecule has 1 heterocycles. The van der Waals surface area contributed by atoms with Crippen LogP contribution >= 0.6 is 0 Å². The van der Waals surface area contributed by atoms with Gasteiger partial charge in [0, 0.05) is 19.6 Å². The third-order valence-electron chi connectivity index (χ3n) is 2.85. The zero-order valence-corrected chi connectivity index (χ0v) is 10.6. The minimum atomic E-state index is 0.0256. The van der Waals surface area contributed by atoms with Gasteiger partial charge in [-0.15, -0.1) is 0 Å². The Morgan fingerprint density at radius 2 is 2.47 bits per heavy atom. The third-order valence-corrected chi connectivity index (χ3v) is 2.85. The molecule has 2 atom stereocenters. The fourth-order valence-corrected chi connectivity index (χ4v) is 1.62. The molecule has 0 aromatic heterocycles. The van der Waals surface area contributed by atoms with Crippen molar-refractivity contribution in [2.24, 2.45) is 11.7 Å². The van der Waals surface area contributed by atoms with E-state index in [0.29, 0.717) is 38.6 Å². The fourth-order valence-electron chi connectivity index (χ4n) is 1.62. The first-order valence-electron chi connectivity index (χ1n) is 6.38. The Hall–Kier alpha value is -0.650. The van der Waals surface area contributed by atoms with Gasteiger partial charge in [0.15, 0.2) is 0 Å². The summed E-state index contributed by atoms with van der Waals surface area (Å²) in [6.07, 6.45) is 2.82. The topological polar surface area (TPSA) is 73.6 Å². The first-order chi connectivity index (χ1) is 8.22. The number of hydrogen-bond acceptors (Lipinski definition) is 4. The smallest absolute Gasteiger partial charge is 0.222 e. The molecule has 5 nitrogen and oxygen atoms in total. The lowest BCUT2D eigenvalue weighted by atomic mass is 10.2. The Kier molecular flexibility index (Phi) is 7.16. The van der Waals surface area contributed by atoms with Crippen molar-refractivity contribution in [1.29, 1.82) is 0 Å². The predicted molar refractivity (Wildman–Crippen MR) is 65.6 cm³/mol. The first kappa shape index (κ1) is 14.4. The maximum absolute atomic E-state index is 11.4. The first-order valence-corrected chi connectivity index (χ1v) is 6.38. The summed E-state index contributed by atoms with van der Waals surface area (Å²) < 4.78 is 10.8. The second-order valence-corrected chi connectivity index (χ2v) is 4.60. The second-order valence-electron chi connectivity index (χ2n) is 4.60. The summed E-state index contributed by atoms with van der Waals surface area (Å²) in [6.45, 7) is 5.14. The van der Waals surface area contributed by atoms with E-state index < -0.39 is 0 Å². The number of nitrogens with one attached hydrogen (secondary N) is 1. The van der Waals surface area contributed by atoms with Crippen LogP contribution in [-0.4, -0.2) is 44.9 Å². The van der Waals surface area contributed by atoms with Gasteiger partial charge < -0.3 is 20.5 Å². The van der Waals surface area contributed by atoms with Crippen molar-refractivity contribution >= 4 is 5.91 Å². The van der Waals surface area contributed by atoms with Gasteiger partial charge in [-0.1, -0.05) is 6.92 Å². The Labute approximate surface area is 103 Å². The number of carbonyl (C=O) groups is 1. The van der Waals surface area contributed by atoms with Crippen LogP contribution in [0.3, 0.4) is 0 Å². The molecular weight excluding hydrogens is 220 g/mol. The highest BCUT2D eigenvalue weighted by atomic mass is 16.5. The molecule has 0 saturated carbocycles. The van der Waals surface area contributed by atoms with E-state index in [4.69, 9.17) is 15.2 Å². The van der Waals surface area contributed by atoms with Crippen molar-refractivity contribution in [3.63, 3.8) is 0 Å². The van der Waals surface area contributed by atoms with Crippen molar-refractivity contribution < 1.29 is 14.3 Å². The molecule has 3 N–H and O–H groups in total. The molecule has 0 bridgehead atoms. The molecule has 5 heteroatoms. The Bertz CT molecular complexity index is 218. The molecule has 1 aliphatic heterocycles. The standard InChI is InChI=1S/C12H24N2O3/c1-10(7-13)8-14-12(15)4-6-16-9-11-3-2-5-17-11/h10-11H,2-9,13H2,1H3,(H,14,15). The van der Waals surface area contributed by atoms with E-state index in [0.717, 1.165) is 19.4 Å². The molecule has 1 amide bonds.